The Labute approximate surface area is 70.3 Å². The predicted molar refractivity (Wildman–Crippen MR) is 46.1 cm³/mol. The van der Waals surface area contributed by atoms with Crippen LogP contribution in [0.4, 0.5) is 0 Å². The Bertz CT molecular complexity index is 306. The fourth-order valence-electron chi connectivity index (χ4n) is 0.868. The van der Waals surface area contributed by atoms with Gasteiger partial charge in [0.15, 0.2) is 5.75 Å². The largest absolute Gasteiger partial charge is 0.503 e. The monoisotopic (exact) mass is 168 g/mol. The average Bonchev–Trinajstić information content (AvgIpc) is 2.07. The highest BCUT2D eigenvalue weighted by molar-refractivity contribution is 5.18. The van der Waals surface area contributed by atoms with E-state index < -0.39 is 0 Å². The molecular formula is C8H12N2O2. The third-order valence-electron chi connectivity index (χ3n) is 1.52. The van der Waals surface area contributed by atoms with Crippen molar-refractivity contribution in [1.29, 1.82) is 0 Å². The molecule has 0 spiro atoms. The number of aromatic nitrogens is 1. The van der Waals surface area contributed by atoms with Crippen molar-refractivity contribution >= 4 is 0 Å². The molecule has 4 heteroatoms. The van der Waals surface area contributed by atoms with Crippen molar-refractivity contribution in [2.45, 2.75) is 13.5 Å². The molecule has 0 aliphatic rings. The molecule has 0 aliphatic heterocycles. The molecule has 0 saturated heterocycles. The molecule has 1 aromatic rings. The van der Waals surface area contributed by atoms with Crippen LogP contribution in [0.3, 0.4) is 0 Å². The zero-order chi connectivity index (χ0) is 8.97. The second-order valence-electron chi connectivity index (χ2n) is 2.49. The SMILES string of the molecule is CCNCc1cc(=O)c(O)c[nH]1. The number of rotatable bonds is 3. The van der Waals surface area contributed by atoms with Crippen molar-refractivity contribution < 1.29 is 5.11 Å². The summed E-state index contributed by atoms with van der Waals surface area (Å²) >= 11 is 0. The Balaban J connectivity index is 2.76. The van der Waals surface area contributed by atoms with Gasteiger partial charge in [-0.25, -0.2) is 0 Å². The van der Waals surface area contributed by atoms with Crippen LogP contribution in [0.15, 0.2) is 17.1 Å². The lowest BCUT2D eigenvalue weighted by atomic mass is 10.3. The number of hydrogen-bond acceptors (Lipinski definition) is 3. The van der Waals surface area contributed by atoms with Gasteiger partial charge < -0.3 is 15.4 Å². The molecule has 0 unspecified atom stereocenters. The highest BCUT2D eigenvalue weighted by atomic mass is 16.3. The Morgan fingerprint density at radius 1 is 1.67 bits per heavy atom. The highest BCUT2D eigenvalue weighted by Gasteiger charge is 1.97. The first-order valence-electron chi connectivity index (χ1n) is 3.85. The van der Waals surface area contributed by atoms with Crippen LogP contribution in [0.1, 0.15) is 12.6 Å². The first-order valence-corrected chi connectivity index (χ1v) is 3.85. The molecule has 66 valence electrons. The van der Waals surface area contributed by atoms with Crippen molar-refractivity contribution in [1.82, 2.24) is 10.3 Å². The topological polar surface area (TPSA) is 65.1 Å². The Kier molecular flexibility index (Phi) is 2.88. The summed E-state index contributed by atoms with van der Waals surface area (Å²) in [7, 11) is 0. The smallest absolute Gasteiger partial charge is 0.223 e. The quantitative estimate of drug-likeness (QED) is 0.603. The second kappa shape index (κ2) is 3.92. The molecule has 3 N–H and O–H groups in total. The van der Waals surface area contributed by atoms with Gasteiger partial charge in [-0.15, -0.1) is 0 Å². The molecule has 0 amide bonds. The second-order valence-corrected chi connectivity index (χ2v) is 2.49. The summed E-state index contributed by atoms with van der Waals surface area (Å²) < 4.78 is 0. The van der Waals surface area contributed by atoms with Crippen molar-refractivity contribution in [3.05, 3.63) is 28.2 Å². The number of aromatic amines is 1. The van der Waals surface area contributed by atoms with Gasteiger partial charge in [-0.05, 0) is 6.54 Å². The van der Waals surface area contributed by atoms with E-state index in [1.165, 1.54) is 12.3 Å². The fourth-order valence-corrected chi connectivity index (χ4v) is 0.868. The van der Waals surface area contributed by atoms with Gasteiger partial charge in [0.1, 0.15) is 0 Å². The fraction of sp³-hybridized carbons (Fsp3) is 0.375. The maximum Gasteiger partial charge on any atom is 0.223 e. The summed E-state index contributed by atoms with van der Waals surface area (Å²) in [6, 6.07) is 1.39. The molecule has 0 aliphatic carbocycles. The minimum absolute atomic E-state index is 0.241. The summed E-state index contributed by atoms with van der Waals surface area (Å²) in [5.41, 5.74) is 0.432. The summed E-state index contributed by atoms with van der Waals surface area (Å²) in [6.45, 7) is 3.45. The molecule has 1 rings (SSSR count). The van der Waals surface area contributed by atoms with E-state index in [4.69, 9.17) is 5.11 Å². The molecule has 0 fully saturated rings. The van der Waals surface area contributed by atoms with Gasteiger partial charge in [0.05, 0.1) is 0 Å². The summed E-state index contributed by atoms with van der Waals surface area (Å²) in [6.07, 6.45) is 1.30. The highest BCUT2D eigenvalue weighted by Crippen LogP contribution is 1.97. The van der Waals surface area contributed by atoms with E-state index in [0.717, 1.165) is 12.2 Å². The number of aromatic hydroxyl groups is 1. The van der Waals surface area contributed by atoms with Gasteiger partial charge in [-0.3, -0.25) is 4.79 Å². The van der Waals surface area contributed by atoms with Crippen LogP contribution >= 0.6 is 0 Å². The van der Waals surface area contributed by atoms with E-state index in [0.29, 0.717) is 6.54 Å². The molecular weight excluding hydrogens is 156 g/mol. The van der Waals surface area contributed by atoms with E-state index in [9.17, 15) is 4.79 Å². The molecule has 1 aromatic heterocycles. The van der Waals surface area contributed by atoms with Crippen LogP contribution in [0.2, 0.25) is 0 Å². The molecule has 0 radical (unpaired) electrons. The molecule has 1 heterocycles. The van der Waals surface area contributed by atoms with E-state index in [1.54, 1.807) is 0 Å². The summed E-state index contributed by atoms with van der Waals surface area (Å²) in [5, 5.41) is 12.0. The van der Waals surface area contributed by atoms with E-state index in [-0.39, 0.29) is 11.2 Å². The summed E-state index contributed by atoms with van der Waals surface area (Å²) in [5.74, 6) is -0.241. The van der Waals surface area contributed by atoms with E-state index >= 15 is 0 Å². The maximum atomic E-state index is 10.9. The zero-order valence-corrected chi connectivity index (χ0v) is 6.92. The normalized spacial score (nSPS) is 10.1. The molecule has 4 nitrogen and oxygen atoms in total. The third-order valence-corrected chi connectivity index (χ3v) is 1.52. The Morgan fingerprint density at radius 2 is 2.42 bits per heavy atom. The van der Waals surface area contributed by atoms with Gasteiger partial charge in [0.2, 0.25) is 5.43 Å². The van der Waals surface area contributed by atoms with Crippen molar-refractivity contribution in [2.75, 3.05) is 6.54 Å². The molecule has 12 heavy (non-hydrogen) atoms. The van der Waals surface area contributed by atoms with Gasteiger partial charge in [0.25, 0.3) is 0 Å². The number of hydrogen-bond donors (Lipinski definition) is 3. The van der Waals surface area contributed by atoms with Crippen LogP contribution in [-0.4, -0.2) is 16.6 Å². The van der Waals surface area contributed by atoms with Gasteiger partial charge >= 0.3 is 0 Å². The van der Waals surface area contributed by atoms with Crippen molar-refractivity contribution in [3.63, 3.8) is 0 Å². The lowest BCUT2D eigenvalue weighted by Gasteiger charge is -2.00. The first-order chi connectivity index (χ1) is 5.74. The van der Waals surface area contributed by atoms with Gasteiger partial charge in [-0.2, -0.15) is 0 Å². The molecule has 0 atom stereocenters. The lowest BCUT2D eigenvalue weighted by Crippen LogP contribution is -2.14. The standard InChI is InChI=1S/C8H12N2O2/c1-2-9-4-6-3-7(11)8(12)5-10-6/h3,5,9,12H,2,4H2,1H3,(H,10,11). The molecule has 0 bridgehead atoms. The third kappa shape index (κ3) is 2.10. The Morgan fingerprint density at radius 3 is 3.00 bits per heavy atom. The number of H-pyrrole nitrogens is 1. The zero-order valence-electron chi connectivity index (χ0n) is 6.92. The van der Waals surface area contributed by atoms with E-state index in [2.05, 4.69) is 10.3 Å². The van der Waals surface area contributed by atoms with Crippen LogP contribution in [-0.2, 0) is 6.54 Å². The van der Waals surface area contributed by atoms with Crippen LogP contribution in [0, 0.1) is 0 Å². The first kappa shape index (κ1) is 8.80. The maximum absolute atomic E-state index is 10.9. The van der Waals surface area contributed by atoms with E-state index in [1.807, 2.05) is 6.92 Å². The van der Waals surface area contributed by atoms with Crippen molar-refractivity contribution in [2.24, 2.45) is 0 Å². The lowest BCUT2D eigenvalue weighted by molar-refractivity contribution is 0.466. The minimum Gasteiger partial charge on any atom is -0.503 e. The molecule has 0 saturated carbocycles. The van der Waals surface area contributed by atoms with Crippen molar-refractivity contribution in [3.8, 4) is 5.75 Å². The number of pyridine rings is 1. The average molecular weight is 168 g/mol. The van der Waals surface area contributed by atoms with Gasteiger partial charge in [-0.1, -0.05) is 6.92 Å². The van der Waals surface area contributed by atoms with Gasteiger partial charge in [0, 0.05) is 24.5 Å². The Hall–Kier alpha value is -1.29. The van der Waals surface area contributed by atoms with Crippen LogP contribution < -0.4 is 10.7 Å². The summed E-state index contributed by atoms with van der Waals surface area (Å²) in [4.78, 5) is 13.7. The minimum atomic E-state index is -0.346. The van der Waals surface area contributed by atoms with Crippen LogP contribution in [0.25, 0.3) is 0 Å². The molecule has 0 aromatic carbocycles. The number of nitrogens with one attached hydrogen (secondary N) is 2. The van der Waals surface area contributed by atoms with Crippen LogP contribution in [0.5, 0.6) is 5.75 Å². The predicted octanol–water partition coefficient (Wildman–Crippen LogP) is 0.190.